The molecule has 4 heteroatoms. The van der Waals surface area contributed by atoms with Crippen molar-refractivity contribution in [3.8, 4) is 0 Å². The first-order valence-electron chi connectivity index (χ1n) is 3.62. The first-order valence-corrected chi connectivity index (χ1v) is 3.62. The molecule has 1 rings (SSSR count). The molecular formula is C7H12N2O2. The summed E-state index contributed by atoms with van der Waals surface area (Å²) >= 11 is 0. The van der Waals surface area contributed by atoms with Crippen LogP contribution in [0.2, 0.25) is 0 Å². The zero-order chi connectivity index (χ0) is 8.48. The number of carbonyl (C=O) groups is 2. The van der Waals surface area contributed by atoms with Crippen molar-refractivity contribution in [2.45, 2.75) is 25.3 Å². The highest BCUT2D eigenvalue weighted by Crippen LogP contribution is 2.15. The lowest BCUT2D eigenvalue weighted by Crippen LogP contribution is -2.58. The van der Waals surface area contributed by atoms with E-state index < -0.39 is 5.54 Å². The van der Waals surface area contributed by atoms with Crippen LogP contribution >= 0.6 is 0 Å². The summed E-state index contributed by atoms with van der Waals surface area (Å²) in [6.45, 7) is 1.79. The molecule has 1 atom stereocenters. The SMILES string of the molecule is CN[C@@]1(C)CCC(=O)NC1=O. The van der Waals surface area contributed by atoms with Crippen LogP contribution in [-0.4, -0.2) is 24.4 Å². The number of amides is 2. The molecule has 4 nitrogen and oxygen atoms in total. The van der Waals surface area contributed by atoms with E-state index in [0.29, 0.717) is 12.8 Å². The van der Waals surface area contributed by atoms with Crippen LogP contribution in [0.15, 0.2) is 0 Å². The summed E-state index contributed by atoms with van der Waals surface area (Å²) in [7, 11) is 1.72. The molecule has 0 radical (unpaired) electrons. The fourth-order valence-corrected chi connectivity index (χ4v) is 1.04. The Morgan fingerprint density at radius 1 is 1.55 bits per heavy atom. The first kappa shape index (κ1) is 8.20. The van der Waals surface area contributed by atoms with E-state index >= 15 is 0 Å². The monoisotopic (exact) mass is 156 g/mol. The Balaban J connectivity index is 2.71. The topological polar surface area (TPSA) is 58.2 Å². The molecular weight excluding hydrogens is 144 g/mol. The average molecular weight is 156 g/mol. The predicted octanol–water partition coefficient (Wildman–Crippen LogP) is -0.599. The van der Waals surface area contributed by atoms with Gasteiger partial charge in [0.2, 0.25) is 11.8 Å². The Labute approximate surface area is 65.3 Å². The van der Waals surface area contributed by atoms with Crippen molar-refractivity contribution in [3.63, 3.8) is 0 Å². The summed E-state index contributed by atoms with van der Waals surface area (Å²) in [5.74, 6) is -0.404. The molecule has 11 heavy (non-hydrogen) atoms. The molecule has 2 amide bonds. The first-order chi connectivity index (χ1) is 5.08. The van der Waals surface area contributed by atoms with Crippen molar-refractivity contribution in [2.24, 2.45) is 0 Å². The molecule has 0 saturated carbocycles. The van der Waals surface area contributed by atoms with Gasteiger partial charge in [-0.25, -0.2) is 0 Å². The Bertz CT molecular complexity index is 203. The van der Waals surface area contributed by atoms with Gasteiger partial charge >= 0.3 is 0 Å². The lowest BCUT2D eigenvalue weighted by atomic mass is 9.91. The van der Waals surface area contributed by atoms with Crippen LogP contribution in [0.5, 0.6) is 0 Å². The quantitative estimate of drug-likeness (QED) is 0.498. The Hall–Kier alpha value is -0.900. The average Bonchev–Trinajstić information content (AvgIpc) is 1.98. The van der Waals surface area contributed by atoms with E-state index in [2.05, 4.69) is 10.6 Å². The minimum atomic E-state index is -0.562. The Kier molecular flexibility index (Phi) is 1.95. The number of hydrogen-bond acceptors (Lipinski definition) is 3. The summed E-state index contributed by atoms with van der Waals surface area (Å²) < 4.78 is 0. The third-order valence-corrected chi connectivity index (χ3v) is 2.16. The maximum atomic E-state index is 11.2. The van der Waals surface area contributed by atoms with Gasteiger partial charge in [0, 0.05) is 6.42 Å². The van der Waals surface area contributed by atoms with E-state index in [9.17, 15) is 9.59 Å². The molecule has 62 valence electrons. The molecule has 1 heterocycles. The minimum Gasteiger partial charge on any atom is -0.307 e. The van der Waals surface area contributed by atoms with Gasteiger partial charge in [0.05, 0.1) is 5.54 Å². The molecule has 1 aliphatic rings. The number of likely N-dealkylation sites (N-methyl/N-ethyl adjacent to an activating group) is 1. The van der Waals surface area contributed by atoms with Crippen molar-refractivity contribution in [1.29, 1.82) is 0 Å². The predicted molar refractivity (Wildman–Crippen MR) is 39.8 cm³/mol. The van der Waals surface area contributed by atoms with Gasteiger partial charge in [-0.05, 0) is 20.4 Å². The second-order valence-corrected chi connectivity index (χ2v) is 2.96. The van der Waals surface area contributed by atoms with Gasteiger partial charge in [0.15, 0.2) is 0 Å². The third kappa shape index (κ3) is 1.40. The summed E-state index contributed by atoms with van der Waals surface area (Å²) in [5.41, 5.74) is -0.562. The van der Waals surface area contributed by atoms with Gasteiger partial charge in [-0.3, -0.25) is 14.9 Å². The molecule has 0 unspecified atom stereocenters. The van der Waals surface area contributed by atoms with Crippen molar-refractivity contribution >= 4 is 11.8 Å². The van der Waals surface area contributed by atoms with Crippen LogP contribution in [0.4, 0.5) is 0 Å². The van der Waals surface area contributed by atoms with Gasteiger partial charge in [0.1, 0.15) is 0 Å². The van der Waals surface area contributed by atoms with E-state index in [1.165, 1.54) is 0 Å². The molecule has 1 aliphatic heterocycles. The van der Waals surface area contributed by atoms with E-state index in [0.717, 1.165) is 0 Å². The van der Waals surface area contributed by atoms with Crippen LogP contribution < -0.4 is 10.6 Å². The van der Waals surface area contributed by atoms with Gasteiger partial charge in [-0.1, -0.05) is 0 Å². The Morgan fingerprint density at radius 2 is 2.18 bits per heavy atom. The van der Waals surface area contributed by atoms with E-state index in [-0.39, 0.29) is 11.8 Å². The summed E-state index contributed by atoms with van der Waals surface area (Å²) in [4.78, 5) is 21.9. The zero-order valence-corrected chi connectivity index (χ0v) is 6.73. The molecule has 0 aliphatic carbocycles. The molecule has 0 aromatic heterocycles. The second kappa shape index (κ2) is 2.62. The lowest BCUT2D eigenvalue weighted by Gasteiger charge is -2.30. The largest absolute Gasteiger partial charge is 0.307 e. The van der Waals surface area contributed by atoms with Crippen molar-refractivity contribution < 1.29 is 9.59 Å². The molecule has 2 N–H and O–H groups in total. The minimum absolute atomic E-state index is 0.178. The van der Waals surface area contributed by atoms with E-state index in [4.69, 9.17) is 0 Å². The summed E-state index contributed by atoms with van der Waals surface area (Å²) in [6, 6.07) is 0. The van der Waals surface area contributed by atoms with Gasteiger partial charge in [-0.2, -0.15) is 0 Å². The molecule has 0 aromatic carbocycles. The normalized spacial score (nSPS) is 31.8. The lowest BCUT2D eigenvalue weighted by molar-refractivity contribution is -0.137. The van der Waals surface area contributed by atoms with Gasteiger partial charge in [0.25, 0.3) is 0 Å². The van der Waals surface area contributed by atoms with Crippen molar-refractivity contribution in [2.75, 3.05) is 7.05 Å². The van der Waals surface area contributed by atoms with Gasteiger partial charge < -0.3 is 5.32 Å². The molecule has 1 fully saturated rings. The fraction of sp³-hybridized carbons (Fsp3) is 0.714. The Morgan fingerprint density at radius 3 is 2.64 bits per heavy atom. The molecule has 1 saturated heterocycles. The number of hydrogen-bond donors (Lipinski definition) is 2. The number of piperidine rings is 1. The molecule has 0 bridgehead atoms. The van der Waals surface area contributed by atoms with Crippen LogP contribution in [0.1, 0.15) is 19.8 Å². The maximum absolute atomic E-state index is 11.2. The molecule has 0 spiro atoms. The van der Waals surface area contributed by atoms with E-state index in [1.54, 1.807) is 14.0 Å². The standard InChI is InChI=1S/C7H12N2O2/c1-7(8-2)4-3-5(10)9-6(7)11/h8H,3-4H2,1-2H3,(H,9,10,11)/t7-/m0/s1. The number of nitrogens with one attached hydrogen (secondary N) is 2. The maximum Gasteiger partial charge on any atom is 0.246 e. The van der Waals surface area contributed by atoms with Crippen molar-refractivity contribution in [1.82, 2.24) is 10.6 Å². The van der Waals surface area contributed by atoms with Crippen LogP contribution in [0.3, 0.4) is 0 Å². The van der Waals surface area contributed by atoms with Crippen LogP contribution in [-0.2, 0) is 9.59 Å². The number of carbonyl (C=O) groups excluding carboxylic acids is 2. The highest BCUT2D eigenvalue weighted by molar-refractivity contribution is 6.02. The highest BCUT2D eigenvalue weighted by atomic mass is 16.2. The third-order valence-electron chi connectivity index (χ3n) is 2.16. The van der Waals surface area contributed by atoms with Crippen molar-refractivity contribution in [3.05, 3.63) is 0 Å². The smallest absolute Gasteiger partial charge is 0.246 e. The van der Waals surface area contributed by atoms with Crippen LogP contribution in [0, 0.1) is 0 Å². The summed E-state index contributed by atoms with van der Waals surface area (Å²) in [5, 5.41) is 5.17. The number of rotatable bonds is 1. The van der Waals surface area contributed by atoms with Gasteiger partial charge in [-0.15, -0.1) is 0 Å². The molecule has 0 aromatic rings. The fourth-order valence-electron chi connectivity index (χ4n) is 1.04. The van der Waals surface area contributed by atoms with Crippen LogP contribution in [0.25, 0.3) is 0 Å². The summed E-state index contributed by atoms with van der Waals surface area (Å²) in [6.07, 6.45) is 0.997. The zero-order valence-electron chi connectivity index (χ0n) is 6.73. The van der Waals surface area contributed by atoms with E-state index in [1.807, 2.05) is 0 Å². The second-order valence-electron chi connectivity index (χ2n) is 2.96. The number of imide groups is 1. The highest BCUT2D eigenvalue weighted by Gasteiger charge is 2.36.